The van der Waals surface area contributed by atoms with E-state index in [1.807, 2.05) is 0 Å². The van der Waals surface area contributed by atoms with Crippen molar-refractivity contribution in [2.24, 2.45) is 0 Å². The molecule has 3 amide bonds. The smallest absolute Gasteiger partial charge is 0.317 e. The second-order valence-corrected chi connectivity index (χ2v) is 6.66. The minimum Gasteiger partial charge on any atom is -0.335 e. The summed E-state index contributed by atoms with van der Waals surface area (Å²) in [6.45, 7) is 1.26. The maximum absolute atomic E-state index is 13.8. The molecule has 7 heteroatoms. The zero-order valence-corrected chi connectivity index (χ0v) is 14.1. The first-order chi connectivity index (χ1) is 12.1. The summed E-state index contributed by atoms with van der Waals surface area (Å²) >= 11 is 0. The fourth-order valence-corrected chi connectivity index (χ4v) is 3.49. The monoisotopic (exact) mass is 351 g/mol. The zero-order chi connectivity index (χ0) is 17.8. The molecule has 0 bridgehead atoms. The Morgan fingerprint density at radius 1 is 0.920 bits per heavy atom. The van der Waals surface area contributed by atoms with Crippen LogP contribution in [0.1, 0.15) is 42.5 Å². The van der Waals surface area contributed by atoms with Crippen molar-refractivity contribution in [1.82, 2.24) is 15.1 Å². The number of amides is 3. The topological polar surface area (TPSA) is 52.7 Å². The maximum Gasteiger partial charge on any atom is 0.317 e. The fourth-order valence-electron chi connectivity index (χ4n) is 3.49. The van der Waals surface area contributed by atoms with Gasteiger partial charge in [0.05, 0.1) is 0 Å². The minimum atomic E-state index is -0.859. The van der Waals surface area contributed by atoms with Crippen molar-refractivity contribution in [3.05, 3.63) is 35.4 Å². The number of carbonyl (C=O) groups excluding carboxylic acids is 2. The third-order valence-corrected chi connectivity index (χ3v) is 4.96. The highest BCUT2D eigenvalue weighted by Gasteiger charge is 2.29. The van der Waals surface area contributed by atoms with Crippen molar-refractivity contribution in [2.75, 3.05) is 26.2 Å². The Balaban J connectivity index is 1.54. The molecule has 0 aromatic heterocycles. The molecule has 0 spiro atoms. The van der Waals surface area contributed by atoms with Gasteiger partial charge in [-0.1, -0.05) is 25.3 Å². The lowest BCUT2D eigenvalue weighted by Gasteiger charge is -2.36. The van der Waals surface area contributed by atoms with Crippen LogP contribution in [0.25, 0.3) is 0 Å². The second-order valence-electron chi connectivity index (χ2n) is 6.66. The van der Waals surface area contributed by atoms with Gasteiger partial charge in [-0.2, -0.15) is 0 Å². The van der Waals surface area contributed by atoms with Crippen LogP contribution < -0.4 is 5.32 Å². The van der Waals surface area contributed by atoms with E-state index in [-0.39, 0.29) is 25.2 Å². The summed E-state index contributed by atoms with van der Waals surface area (Å²) in [7, 11) is 0. The number of hydrogen-bond donors (Lipinski definition) is 1. The van der Waals surface area contributed by atoms with Gasteiger partial charge in [0.15, 0.2) is 0 Å². The van der Waals surface area contributed by atoms with Crippen LogP contribution in [0, 0.1) is 11.6 Å². The van der Waals surface area contributed by atoms with E-state index in [9.17, 15) is 18.4 Å². The van der Waals surface area contributed by atoms with E-state index in [1.54, 1.807) is 4.90 Å². The Kier molecular flexibility index (Phi) is 5.50. The molecule has 1 heterocycles. The predicted octanol–water partition coefficient (Wildman–Crippen LogP) is 2.76. The zero-order valence-electron chi connectivity index (χ0n) is 14.1. The average molecular weight is 351 g/mol. The van der Waals surface area contributed by atoms with E-state index in [4.69, 9.17) is 0 Å². The molecule has 1 aromatic carbocycles. The Hall–Kier alpha value is -2.18. The van der Waals surface area contributed by atoms with Crippen molar-refractivity contribution in [1.29, 1.82) is 0 Å². The standard InChI is InChI=1S/C18H23F2N3O2/c19-14-7-4-8-15(20)16(14)17(24)22-9-11-23(12-10-22)18(25)21-13-5-2-1-3-6-13/h4,7-8,13H,1-3,5-6,9-12H2,(H,21,25). The van der Waals surface area contributed by atoms with Crippen LogP contribution in [0.2, 0.25) is 0 Å². The molecule has 1 N–H and O–H groups in total. The lowest BCUT2D eigenvalue weighted by atomic mass is 9.96. The molecule has 3 rings (SSSR count). The van der Waals surface area contributed by atoms with Crippen LogP contribution >= 0.6 is 0 Å². The summed E-state index contributed by atoms with van der Waals surface area (Å²) in [5.41, 5.74) is -0.525. The van der Waals surface area contributed by atoms with E-state index in [2.05, 4.69) is 5.32 Å². The first kappa shape index (κ1) is 17.6. The lowest BCUT2D eigenvalue weighted by Crippen LogP contribution is -2.54. The Bertz CT molecular complexity index is 619. The number of halogens is 2. The summed E-state index contributed by atoms with van der Waals surface area (Å²) in [6.07, 6.45) is 5.52. The largest absolute Gasteiger partial charge is 0.335 e. The van der Waals surface area contributed by atoms with Crippen LogP contribution in [-0.4, -0.2) is 54.0 Å². The number of nitrogens with one attached hydrogen (secondary N) is 1. The molecular formula is C18H23F2N3O2. The van der Waals surface area contributed by atoms with Gasteiger partial charge in [0.1, 0.15) is 17.2 Å². The third-order valence-electron chi connectivity index (χ3n) is 4.96. The molecule has 2 fully saturated rings. The molecule has 0 radical (unpaired) electrons. The quantitative estimate of drug-likeness (QED) is 0.891. The Morgan fingerprint density at radius 2 is 1.48 bits per heavy atom. The van der Waals surface area contributed by atoms with E-state index in [0.29, 0.717) is 13.1 Å². The number of urea groups is 1. The van der Waals surface area contributed by atoms with Crippen molar-refractivity contribution in [3.8, 4) is 0 Å². The van der Waals surface area contributed by atoms with Crippen molar-refractivity contribution in [2.45, 2.75) is 38.1 Å². The highest BCUT2D eigenvalue weighted by atomic mass is 19.1. The molecule has 1 saturated heterocycles. The molecule has 1 aliphatic carbocycles. The van der Waals surface area contributed by atoms with Crippen LogP contribution in [-0.2, 0) is 0 Å². The third kappa shape index (κ3) is 4.08. The molecule has 0 atom stereocenters. The minimum absolute atomic E-state index is 0.115. The van der Waals surface area contributed by atoms with Gasteiger partial charge in [-0.05, 0) is 25.0 Å². The number of rotatable bonds is 2. The van der Waals surface area contributed by atoms with Crippen LogP contribution in [0.5, 0.6) is 0 Å². The van der Waals surface area contributed by atoms with Crippen LogP contribution in [0.15, 0.2) is 18.2 Å². The van der Waals surface area contributed by atoms with Gasteiger partial charge in [-0.3, -0.25) is 4.79 Å². The predicted molar refractivity (Wildman–Crippen MR) is 89.2 cm³/mol. The van der Waals surface area contributed by atoms with Gasteiger partial charge >= 0.3 is 6.03 Å². The van der Waals surface area contributed by atoms with Gasteiger partial charge in [-0.15, -0.1) is 0 Å². The van der Waals surface area contributed by atoms with Gasteiger partial charge in [-0.25, -0.2) is 13.6 Å². The van der Waals surface area contributed by atoms with Gasteiger partial charge in [0.2, 0.25) is 0 Å². The number of nitrogens with zero attached hydrogens (tertiary/aromatic N) is 2. The fraction of sp³-hybridized carbons (Fsp3) is 0.556. The number of piperazine rings is 1. The van der Waals surface area contributed by atoms with Crippen LogP contribution in [0.3, 0.4) is 0 Å². The molecule has 1 aliphatic heterocycles. The summed E-state index contributed by atoms with van der Waals surface area (Å²) in [4.78, 5) is 27.7. The van der Waals surface area contributed by atoms with E-state index in [1.165, 1.54) is 17.4 Å². The van der Waals surface area contributed by atoms with E-state index >= 15 is 0 Å². The molecule has 1 aromatic rings. The summed E-state index contributed by atoms with van der Waals surface area (Å²) < 4.78 is 27.5. The van der Waals surface area contributed by atoms with Gasteiger partial charge in [0, 0.05) is 32.2 Å². The lowest BCUT2D eigenvalue weighted by molar-refractivity contribution is 0.0653. The van der Waals surface area contributed by atoms with Crippen molar-refractivity contribution < 1.29 is 18.4 Å². The van der Waals surface area contributed by atoms with E-state index in [0.717, 1.165) is 37.8 Å². The van der Waals surface area contributed by atoms with Crippen molar-refractivity contribution in [3.63, 3.8) is 0 Å². The van der Waals surface area contributed by atoms with Gasteiger partial charge in [0.25, 0.3) is 5.91 Å². The molecule has 2 aliphatic rings. The second kappa shape index (κ2) is 7.80. The van der Waals surface area contributed by atoms with Crippen LogP contribution in [0.4, 0.5) is 13.6 Å². The Morgan fingerprint density at radius 3 is 2.08 bits per heavy atom. The molecule has 25 heavy (non-hydrogen) atoms. The maximum atomic E-state index is 13.8. The SMILES string of the molecule is O=C(NC1CCCCC1)N1CCN(C(=O)c2c(F)cccc2F)CC1. The highest BCUT2D eigenvalue weighted by Crippen LogP contribution is 2.19. The first-order valence-corrected chi connectivity index (χ1v) is 8.85. The molecular weight excluding hydrogens is 328 g/mol. The highest BCUT2D eigenvalue weighted by molar-refractivity contribution is 5.95. The first-order valence-electron chi connectivity index (χ1n) is 8.85. The van der Waals surface area contributed by atoms with Crippen molar-refractivity contribution >= 4 is 11.9 Å². The summed E-state index contributed by atoms with van der Waals surface area (Å²) in [5.74, 6) is -2.38. The molecule has 0 unspecified atom stereocenters. The summed E-state index contributed by atoms with van der Waals surface area (Å²) in [6, 6.07) is 3.49. The van der Waals surface area contributed by atoms with E-state index < -0.39 is 23.1 Å². The normalized spacial score (nSPS) is 19.0. The van der Waals surface area contributed by atoms with Gasteiger partial charge < -0.3 is 15.1 Å². The number of carbonyl (C=O) groups is 2. The Labute approximate surface area is 146 Å². The molecule has 136 valence electrons. The number of hydrogen-bond acceptors (Lipinski definition) is 2. The average Bonchev–Trinajstić information content (AvgIpc) is 2.62. The summed E-state index contributed by atoms with van der Waals surface area (Å²) in [5, 5.41) is 3.05. The molecule has 1 saturated carbocycles. The molecule has 5 nitrogen and oxygen atoms in total. The number of benzene rings is 1.